The molecule has 0 radical (unpaired) electrons. The van der Waals surface area contributed by atoms with Crippen LogP contribution in [0.4, 0.5) is 4.79 Å². The summed E-state index contributed by atoms with van der Waals surface area (Å²) < 4.78 is 11.2. The van der Waals surface area contributed by atoms with E-state index in [2.05, 4.69) is 10.6 Å². The molecule has 3 amide bonds. The van der Waals surface area contributed by atoms with Crippen molar-refractivity contribution in [2.75, 3.05) is 32.8 Å². The molecule has 1 atom stereocenters. The first-order chi connectivity index (χ1) is 16.1. The van der Waals surface area contributed by atoms with Gasteiger partial charge in [0.25, 0.3) is 0 Å². The van der Waals surface area contributed by atoms with E-state index in [1.54, 1.807) is 25.1 Å². The summed E-state index contributed by atoms with van der Waals surface area (Å²) in [5, 5.41) is 5.04. The summed E-state index contributed by atoms with van der Waals surface area (Å²) in [6, 6.07) is 13.6. The molecule has 0 saturated carbocycles. The number of nitrogens with zero attached hydrogens (tertiary/aromatic N) is 1. The zero-order valence-electron chi connectivity index (χ0n) is 18.7. The fourth-order valence-electron chi connectivity index (χ4n) is 4.40. The predicted molar refractivity (Wildman–Crippen MR) is 122 cm³/mol. The number of benzene rings is 2. The molecule has 33 heavy (non-hydrogen) atoms. The number of fused-ring (bicyclic) bond motifs is 1. The molecule has 2 aliphatic rings. The molecular weight excluding hydrogens is 422 g/mol. The molecule has 2 heterocycles. The maximum atomic E-state index is 13.1. The third-order valence-corrected chi connectivity index (χ3v) is 6.03. The lowest BCUT2D eigenvalue weighted by Crippen LogP contribution is -2.48. The van der Waals surface area contributed by atoms with Gasteiger partial charge in [0.05, 0.1) is 0 Å². The molecule has 1 fully saturated rings. The fourth-order valence-corrected chi connectivity index (χ4v) is 4.40. The van der Waals surface area contributed by atoms with Crippen LogP contribution >= 0.6 is 0 Å². The maximum absolute atomic E-state index is 13.1. The van der Waals surface area contributed by atoms with Crippen molar-refractivity contribution in [2.24, 2.45) is 5.92 Å². The van der Waals surface area contributed by atoms with Crippen LogP contribution in [0.5, 0.6) is 11.5 Å². The van der Waals surface area contributed by atoms with Crippen LogP contribution in [0.3, 0.4) is 0 Å². The topological polar surface area (TPSA) is 97.0 Å². The number of imide groups is 1. The molecule has 0 unspecified atom stereocenters. The van der Waals surface area contributed by atoms with Crippen LogP contribution in [-0.4, -0.2) is 55.5 Å². The molecule has 2 aliphatic heterocycles. The van der Waals surface area contributed by atoms with Gasteiger partial charge in [-0.25, -0.2) is 4.79 Å². The van der Waals surface area contributed by atoms with Gasteiger partial charge in [-0.1, -0.05) is 30.3 Å². The number of ether oxygens (including phenoxy) is 2. The van der Waals surface area contributed by atoms with E-state index in [0.29, 0.717) is 62.8 Å². The van der Waals surface area contributed by atoms with Crippen molar-refractivity contribution in [3.8, 4) is 11.5 Å². The van der Waals surface area contributed by atoms with Gasteiger partial charge < -0.3 is 14.8 Å². The first-order valence-corrected chi connectivity index (χ1v) is 11.4. The number of likely N-dealkylation sites (tertiary alicyclic amines) is 1. The van der Waals surface area contributed by atoms with E-state index in [-0.39, 0.29) is 17.6 Å². The van der Waals surface area contributed by atoms with Crippen molar-refractivity contribution >= 4 is 17.7 Å². The Morgan fingerprint density at radius 2 is 1.70 bits per heavy atom. The van der Waals surface area contributed by atoms with Gasteiger partial charge in [0.1, 0.15) is 19.3 Å². The first kappa shape index (κ1) is 22.8. The van der Waals surface area contributed by atoms with Crippen molar-refractivity contribution < 1.29 is 23.9 Å². The molecule has 174 valence electrons. The zero-order valence-corrected chi connectivity index (χ0v) is 18.7. The second-order valence-electron chi connectivity index (χ2n) is 8.19. The minimum atomic E-state index is -0.598. The number of rotatable bonds is 6. The highest BCUT2D eigenvalue weighted by Crippen LogP contribution is 2.33. The number of Topliss-reactive ketones (excluding diaryl/α,β-unsaturated/α-hetero) is 1. The first-order valence-electron chi connectivity index (χ1n) is 11.4. The van der Waals surface area contributed by atoms with E-state index in [1.807, 2.05) is 35.2 Å². The lowest BCUT2D eigenvalue weighted by Gasteiger charge is -2.36. The number of urea groups is 1. The Balaban J connectivity index is 1.44. The molecule has 8 heteroatoms. The fraction of sp³-hybridized carbons (Fsp3) is 0.400. The van der Waals surface area contributed by atoms with E-state index in [4.69, 9.17) is 9.47 Å². The average molecular weight is 452 g/mol. The summed E-state index contributed by atoms with van der Waals surface area (Å²) in [5.41, 5.74) is 1.43. The Labute approximate surface area is 193 Å². The quantitative estimate of drug-likeness (QED) is 0.656. The highest BCUT2D eigenvalue weighted by atomic mass is 16.6. The molecule has 0 aliphatic carbocycles. The molecule has 2 aromatic rings. The highest BCUT2D eigenvalue weighted by molar-refractivity contribution is 5.99. The third kappa shape index (κ3) is 5.34. The van der Waals surface area contributed by atoms with Gasteiger partial charge >= 0.3 is 6.03 Å². The molecule has 1 saturated heterocycles. The van der Waals surface area contributed by atoms with E-state index in [9.17, 15) is 14.4 Å². The number of ketones is 1. The van der Waals surface area contributed by atoms with Crippen molar-refractivity contribution in [3.63, 3.8) is 0 Å². The van der Waals surface area contributed by atoms with Gasteiger partial charge in [-0.2, -0.15) is 0 Å². The van der Waals surface area contributed by atoms with Crippen LogP contribution in [0, 0.1) is 5.92 Å². The second-order valence-corrected chi connectivity index (χ2v) is 8.19. The van der Waals surface area contributed by atoms with Gasteiger partial charge in [0, 0.05) is 18.0 Å². The third-order valence-electron chi connectivity index (χ3n) is 6.03. The summed E-state index contributed by atoms with van der Waals surface area (Å²) in [6.07, 6.45) is 1.26. The molecule has 0 aromatic heterocycles. The Kier molecular flexibility index (Phi) is 7.24. The lowest BCUT2D eigenvalue weighted by molar-refractivity contribution is -0.126. The van der Waals surface area contributed by atoms with Crippen molar-refractivity contribution in [1.29, 1.82) is 0 Å². The van der Waals surface area contributed by atoms with Gasteiger partial charge in [-0.3, -0.25) is 19.8 Å². The number of carbonyl (C=O) groups is 3. The molecule has 0 bridgehead atoms. The largest absolute Gasteiger partial charge is 0.486 e. The van der Waals surface area contributed by atoms with Crippen LogP contribution < -0.4 is 20.1 Å². The molecule has 4 rings (SSSR count). The SMILES string of the molecule is CCNC(=O)NC(=O)[C@@H](c1ccccc1)N1CCC(C(=O)c2ccc3c(c2)OCCO3)CC1. The zero-order chi connectivity index (χ0) is 23.2. The molecule has 2 aromatic carbocycles. The van der Waals surface area contributed by atoms with Crippen LogP contribution in [0.2, 0.25) is 0 Å². The number of amides is 3. The number of piperidine rings is 1. The monoisotopic (exact) mass is 451 g/mol. The average Bonchev–Trinajstić information content (AvgIpc) is 2.84. The Bertz CT molecular complexity index is 1000. The van der Waals surface area contributed by atoms with Crippen LogP contribution in [0.25, 0.3) is 0 Å². The van der Waals surface area contributed by atoms with Crippen molar-refractivity contribution in [2.45, 2.75) is 25.8 Å². The van der Waals surface area contributed by atoms with Crippen molar-refractivity contribution in [3.05, 3.63) is 59.7 Å². The van der Waals surface area contributed by atoms with E-state index < -0.39 is 12.1 Å². The molecular formula is C25H29N3O5. The summed E-state index contributed by atoms with van der Waals surface area (Å²) >= 11 is 0. The summed E-state index contributed by atoms with van der Waals surface area (Å²) in [5.74, 6) is 0.845. The van der Waals surface area contributed by atoms with E-state index in [1.165, 1.54) is 0 Å². The normalized spacial score (nSPS) is 17.1. The number of hydrogen-bond donors (Lipinski definition) is 2. The molecule has 2 N–H and O–H groups in total. The lowest BCUT2D eigenvalue weighted by atomic mass is 9.87. The highest BCUT2D eigenvalue weighted by Gasteiger charge is 2.34. The summed E-state index contributed by atoms with van der Waals surface area (Å²) in [4.78, 5) is 40.1. The maximum Gasteiger partial charge on any atom is 0.321 e. The van der Waals surface area contributed by atoms with Gasteiger partial charge in [0.15, 0.2) is 17.3 Å². The minimum absolute atomic E-state index is 0.0784. The van der Waals surface area contributed by atoms with Gasteiger partial charge in [0.2, 0.25) is 5.91 Å². The Morgan fingerprint density at radius 1 is 1.00 bits per heavy atom. The van der Waals surface area contributed by atoms with Crippen LogP contribution in [-0.2, 0) is 4.79 Å². The Hall–Kier alpha value is -3.39. The number of nitrogens with one attached hydrogen (secondary N) is 2. The number of hydrogen-bond acceptors (Lipinski definition) is 6. The van der Waals surface area contributed by atoms with E-state index in [0.717, 1.165) is 5.56 Å². The predicted octanol–water partition coefficient (Wildman–Crippen LogP) is 2.94. The molecule has 8 nitrogen and oxygen atoms in total. The van der Waals surface area contributed by atoms with Crippen LogP contribution in [0.15, 0.2) is 48.5 Å². The summed E-state index contributed by atoms with van der Waals surface area (Å²) in [6.45, 7) is 4.36. The standard InChI is InChI=1S/C25H29N3O5/c1-2-26-25(31)27-24(30)22(17-6-4-3-5-7-17)28-12-10-18(11-13-28)23(29)19-8-9-20-21(16-19)33-15-14-32-20/h3-9,16,18,22H,2,10-15H2,1H3,(H2,26,27,30,31)/t22-/m1/s1. The smallest absolute Gasteiger partial charge is 0.321 e. The van der Waals surface area contributed by atoms with Crippen molar-refractivity contribution in [1.82, 2.24) is 15.5 Å². The Morgan fingerprint density at radius 3 is 2.39 bits per heavy atom. The van der Waals surface area contributed by atoms with Gasteiger partial charge in [-0.05, 0) is 56.6 Å². The van der Waals surface area contributed by atoms with E-state index >= 15 is 0 Å². The van der Waals surface area contributed by atoms with Gasteiger partial charge in [-0.15, -0.1) is 0 Å². The molecule has 0 spiro atoms. The summed E-state index contributed by atoms with van der Waals surface area (Å²) in [7, 11) is 0. The second kappa shape index (κ2) is 10.5. The van der Waals surface area contributed by atoms with Crippen LogP contribution in [0.1, 0.15) is 41.7 Å². The minimum Gasteiger partial charge on any atom is -0.486 e. The number of carbonyl (C=O) groups excluding carboxylic acids is 3.